The summed E-state index contributed by atoms with van der Waals surface area (Å²) in [5, 5.41) is 23.3. The van der Waals surface area contributed by atoms with Gasteiger partial charge in [-0.1, -0.05) is 0 Å². The van der Waals surface area contributed by atoms with E-state index in [1.165, 1.54) is 12.7 Å². The first kappa shape index (κ1) is 19.6. The Morgan fingerprint density at radius 3 is 2.93 bits per heavy atom. The van der Waals surface area contributed by atoms with Gasteiger partial charge in [0.05, 0.1) is 12.4 Å². The molecule has 27 heavy (non-hydrogen) atoms. The minimum Gasteiger partial charge on any atom is -0.387 e. The Morgan fingerprint density at radius 1 is 1.33 bits per heavy atom. The molecule has 0 radical (unpaired) electrons. The maximum absolute atomic E-state index is 10.9. The molecule has 12 nitrogen and oxygen atoms in total. The molecular weight excluding hydrogens is 376 g/mol. The summed E-state index contributed by atoms with van der Waals surface area (Å²) >= 11 is 1.55. The predicted molar refractivity (Wildman–Crippen MR) is 98.3 cm³/mol. The van der Waals surface area contributed by atoms with E-state index in [1.807, 2.05) is 5.43 Å². The molecule has 4 atom stereocenters. The molecule has 148 valence electrons. The van der Waals surface area contributed by atoms with E-state index in [9.17, 15) is 15.0 Å². The number of carbonyl (C=O) groups excluding carboxylic acids is 1. The summed E-state index contributed by atoms with van der Waals surface area (Å²) in [4.78, 5) is 23.1. The van der Waals surface area contributed by atoms with Gasteiger partial charge in [0.1, 0.15) is 24.1 Å². The molecule has 0 aliphatic carbocycles. The molecule has 2 unspecified atom stereocenters. The molecule has 0 aromatic carbocycles. The number of ether oxygens (including phenoxy) is 1. The van der Waals surface area contributed by atoms with Crippen molar-refractivity contribution in [1.82, 2.24) is 30.3 Å². The van der Waals surface area contributed by atoms with Gasteiger partial charge in [-0.3, -0.25) is 9.99 Å². The van der Waals surface area contributed by atoms with Crippen LogP contribution in [-0.4, -0.2) is 72.1 Å². The van der Waals surface area contributed by atoms with E-state index in [4.69, 9.17) is 16.3 Å². The maximum Gasteiger partial charge on any atom is 0.328 e. The Balaban J connectivity index is 1.54. The van der Waals surface area contributed by atoms with Crippen molar-refractivity contribution in [3.63, 3.8) is 0 Å². The highest BCUT2D eigenvalue weighted by Crippen LogP contribution is 2.33. The van der Waals surface area contributed by atoms with Gasteiger partial charge in [0.2, 0.25) is 0 Å². The second-order valence-corrected chi connectivity index (χ2v) is 7.11. The molecule has 1 fully saturated rings. The Morgan fingerprint density at radius 2 is 2.15 bits per heavy atom. The number of amides is 2. The van der Waals surface area contributed by atoms with E-state index in [0.29, 0.717) is 23.5 Å². The summed E-state index contributed by atoms with van der Waals surface area (Å²) in [7, 11) is 0. The number of aliphatic hydroxyl groups excluding tert-OH is 2. The smallest absolute Gasteiger partial charge is 0.328 e. The van der Waals surface area contributed by atoms with Crippen molar-refractivity contribution in [1.29, 1.82) is 0 Å². The molecule has 0 spiro atoms. The van der Waals surface area contributed by atoms with E-state index in [2.05, 4.69) is 20.3 Å². The van der Waals surface area contributed by atoms with Crippen molar-refractivity contribution in [3.05, 3.63) is 12.7 Å². The molecule has 8 N–H and O–H groups in total. The van der Waals surface area contributed by atoms with Crippen LogP contribution in [0.25, 0.3) is 11.2 Å². The number of rotatable bonds is 7. The summed E-state index contributed by atoms with van der Waals surface area (Å²) in [5.41, 5.74) is 8.59. The summed E-state index contributed by atoms with van der Waals surface area (Å²) < 4.78 is 7.39. The van der Waals surface area contributed by atoms with E-state index >= 15 is 0 Å². The number of thioether (sulfide) groups is 1. The van der Waals surface area contributed by atoms with Crippen LogP contribution in [0.2, 0.25) is 0 Å². The number of urea groups is 1. The fourth-order valence-corrected chi connectivity index (χ4v) is 3.80. The van der Waals surface area contributed by atoms with E-state index in [1.54, 1.807) is 16.3 Å². The average molecular weight is 398 g/mol. The Hall–Kier alpha value is -2.19. The molecule has 0 bridgehead atoms. The van der Waals surface area contributed by atoms with Crippen molar-refractivity contribution < 1.29 is 19.7 Å². The van der Waals surface area contributed by atoms with Crippen molar-refractivity contribution >= 4 is 34.8 Å². The summed E-state index contributed by atoms with van der Waals surface area (Å²) in [6.45, 7) is 0.484. The number of nitrogens with zero attached hydrogens (tertiary/aromatic N) is 4. The van der Waals surface area contributed by atoms with Crippen LogP contribution in [0.3, 0.4) is 0 Å². The first-order valence-electron chi connectivity index (χ1n) is 8.29. The van der Waals surface area contributed by atoms with Crippen LogP contribution in [0, 0.1) is 0 Å². The lowest BCUT2D eigenvalue weighted by molar-refractivity contribution is -0.0289. The molecule has 2 aromatic rings. The number of aliphatic hydroxyl groups is 2. The molecule has 2 amide bonds. The highest BCUT2D eigenvalue weighted by atomic mass is 32.2. The first-order valence-corrected chi connectivity index (χ1v) is 9.45. The molecule has 1 aliphatic heterocycles. The van der Waals surface area contributed by atoms with Gasteiger partial charge >= 0.3 is 6.03 Å². The van der Waals surface area contributed by atoms with Crippen LogP contribution < -0.4 is 22.3 Å². The van der Waals surface area contributed by atoms with Crippen molar-refractivity contribution in [2.24, 2.45) is 5.84 Å². The van der Waals surface area contributed by atoms with Crippen LogP contribution in [0.15, 0.2) is 12.7 Å². The SMILES string of the molecule is NNC(=O)NCCCSC[C@H]1O[C@@H](n2cnc3c(N)ncnc32)C(O)C1O. The van der Waals surface area contributed by atoms with E-state index < -0.39 is 30.6 Å². The highest BCUT2D eigenvalue weighted by molar-refractivity contribution is 7.99. The lowest BCUT2D eigenvalue weighted by Crippen LogP contribution is -2.40. The molecule has 1 saturated heterocycles. The Bertz CT molecular complexity index is 790. The molecule has 0 saturated carbocycles. The van der Waals surface area contributed by atoms with Gasteiger partial charge in [-0.15, -0.1) is 0 Å². The monoisotopic (exact) mass is 398 g/mol. The number of hydrogen-bond acceptors (Lipinski definition) is 10. The number of hydrazine groups is 1. The zero-order chi connectivity index (χ0) is 19.4. The number of aromatic nitrogens is 4. The third-order valence-corrected chi connectivity index (χ3v) is 5.30. The quantitative estimate of drug-likeness (QED) is 0.136. The van der Waals surface area contributed by atoms with Gasteiger partial charge in [-0.2, -0.15) is 11.8 Å². The average Bonchev–Trinajstić information content (AvgIpc) is 3.21. The zero-order valence-electron chi connectivity index (χ0n) is 14.4. The van der Waals surface area contributed by atoms with Gasteiger partial charge < -0.3 is 26.0 Å². The van der Waals surface area contributed by atoms with Crippen LogP contribution in [0.5, 0.6) is 0 Å². The van der Waals surface area contributed by atoms with Gasteiger partial charge in [0.15, 0.2) is 17.7 Å². The molecule has 13 heteroatoms. The number of imidazole rings is 1. The predicted octanol–water partition coefficient (Wildman–Crippen LogP) is -1.68. The third-order valence-electron chi connectivity index (χ3n) is 4.16. The number of hydrogen-bond donors (Lipinski definition) is 6. The maximum atomic E-state index is 10.9. The van der Waals surface area contributed by atoms with Crippen LogP contribution in [-0.2, 0) is 4.74 Å². The standard InChI is InChI=1S/C14H22N8O4S/c15-11-8-12(19-5-18-11)22(6-20-8)13-10(24)9(23)7(26-13)4-27-3-1-2-17-14(25)21-16/h5-7,9-10,13,23-24H,1-4,16H2,(H2,15,18,19)(H2,17,21,25)/t7-,9?,10?,13-/m1/s1. The minimum atomic E-state index is -1.13. The van der Waals surface area contributed by atoms with Gasteiger partial charge in [0, 0.05) is 12.3 Å². The molecular formula is C14H22N8O4S. The van der Waals surface area contributed by atoms with Crippen molar-refractivity contribution in [2.45, 2.75) is 31.0 Å². The highest BCUT2D eigenvalue weighted by Gasteiger charge is 2.44. The Labute approximate surface area is 158 Å². The number of carbonyl (C=O) groups is 1. The summed E-state index contributed by atoms with van der Waals surface area (Å²) in [6, 6.07) is -0.433. The number of fused-ring (bicyclic) bond motifs is 1. The molecule has 1 aliphatic rings. The minimum absolute atomic E-state index is 0.232. The van der Waals surface area contributed by atoms with Crippen LogP contribution in [0.4, 0.5) is 10.6 Å². The lowest BCUT2D eigenvalue weighted by atomic mass is 10.1. The van der Waals surface area contributed by atoms with Crippen molar-refractivity contribution in [2.75, 3.05) is 23.8 Å². The molecule has 2 aromatic heterocycles. The lowest BCUT2D eigenvalue weighted by Gasteiger charge is -2.16. The van der Waals surface area contributed by atoms with Gasteiger partial charge in [-0.05, 0) is 12.2 Å². The number of nitrogens with one attached hydrogen (secondary N) is 2. The largest absolute Gasteiger partial charge is 0.387 e. The summed E-state index contributed by atoms with van der Waals surface area (Å²) in [6.07, 6.45) is -0.0408. The first-order chi connectivity index (χ1) is 13.0. The second kappa shape index (κ2) is 8.67. The molecule has 3 rings (SSSR count). The summed E-state index contributed by atoms with van der Waals surface area (Å²) in [5.74, 6) is 6.43. The normalized spacial score (nSPS) is 25.0. The topological polar surface area (TPSA) is 186 Å². The third kappa shape index (κ3) is 4.22. The zero-order valence-corrected chi connectivity index (χ0v) is 15.2. The second-order valence-electron chi connectivity index (χ2n) is 5.96. The fraction of sp³-hybridized carbons (Fsp3) is 0.571. The van der Waals surface area contributed by atoms with E-state index in [0.717, 1.165) is 12.2 Å². The van der Waals surface area contributed by atoms with Crippen LogP contribution >= 0.6 is 11.8 Å². The Kier molecular flexibility index (Phi) is 6.28. The van der Waals surface area contributed by atoms with Gasteiger partial charge in [-0.25, -0.2) is 25.6 Å². The fourth-order valence-electron chi connectivity index (χ4n) is 2.78. The van der Waals surface area contributed by atoms with Gasteiger partial charge in [0.25, 0.3) is 0 Å². The number of nitrogens with two attached hydrogens (primary N) is 2. The van der Waals surface area contributed by atoms with Crippen molar-refractivity contribution in [3.8, 4) is 0 Å². The number of anilines is 1. The molecule has 3 heterocycles. The van der Waals surface area contributed by atoms with Crippen LogP contribution in [0.1, 0.15) is 12.6 Å². The number of nitrogen functional groups attached to an aromatic ring is 1. The van der Waals surface area contributed by atoms with E-state index in [-0.39, 0.29) is 5.82 Å².